The van der Waals surface area contributed by atoms with Crippen molar-refractivity contribution < 1.29 is 24.5 Å². The van der Waals surface area contributed by atoms with Gasteiger partial charge in [-0.2, -0.15) is 0 Å². The highest BCUT2D eigenvalue weighted by molar-refractivity contribution is 5.78. The van der Waals surface area contributed by atoms with Crippen LogP contribution in [0.15, 0.2) is 97.2 Å². The summed E-state index contributed by atoms with van der Waals surface area (Å²) in [4.78, 5) is 26.1. The van der Waals surface area contributed by atoms with E-state index < -0.39 is 18.2 Å². The maximum absolute atomic E-state index is 13.2. The number of esters is 1. The first kappa shape index (κ1) is 61.8. The molecule has 0 saturated carbocycles. The molecule has 0 radical (unpaired) electrons. The van der Waals surface area contributed by atoms with E-state index in [0.717, 1.165) is 83.5 Å². The second-order valence-corrected chi connectivity index (χ2v) is 17.9. The Balaban J connectivity index is 4.78. The van der Waals surface area contributed by atoms with Crippen LogP contribution in [0, 0.1) is 0 Å². The fourth-order valence-electron chi connectivity index (χ4n) is 7.57. The lowest BCUT2D eigenvalue weighted by molar-refractivity contribution is -0.148. The first-order valence-electron chi connectivity index (χ1n) is 27.0. The fourth-order valence-corrected chi connectivity index (χ4v) is 7.57. The molecule has 0 saturated heterocycles. The number of allylic oxidation sites excluding steroid dienone is 15. The van der Waals surface area contributed by atoms with Gasteiger partial charge < -0.3 is 20.3 Å². The summed E-state index contributed by atoms with van der Waals surface area (Å²) in [7, 11) is 0. The van der Waals surface area contributed by atoms with Crippen molar-refractivity contribution in [3.05, 3.63) is 97.2 Å². The predicted octanol–water partition coefficient (Wildman–Crippen LogP) is 16.5. The number of carbonyl (C=O) groups excluding carboxylic acids is 2. The standard InChI is InChI=1S/C59H101NO5/c1-4-7-10-13-16-19-22-25-27-29-31-33-35-38-41-44-47-50-55(65-59(64)52-49-46-43-40-37-34-32-30-28-26-23-20-17-14-11-8-5-2)53-58(63)60-56(54-61)57(62)51-48-45-42-39-36-24-21-18-15-12-9-6-3/h7,10,16-17,19-20,25-28,31,33,38,41,47,50,55-57,61-62H,4-6,8-9,11-15,18,21-24,29-30,32,34-37,39-40,42-46,48-49,51-54H2,1-3H3,(H,60,63)/b10-7-,19-16-,20-17-,27-25-,28-26-,33-31-,41-38-,50-47-. The number of hydrogen-bond acceptors (Lipinski definition) is 5. The van der Waals surface area contributed by atoms with Crippen LogP contribution in [-0.2, 0) is 14.3 Å². The molecule has 1 amide bonds. The van der Waals surface area contributed by atoms with E-state index in [0.29, 0.717) is 19.3 Å². The molecule has 0 aliphatic heterocycles. The van der Waals surface area contributed by atoms with Gasteiger partial charge in [-0.1, -0.05) is 234 Å². The maximum Gasteiger partial charge on any atom is 0.306 e. The molecule has 3 N–H and O–H groups in total. The number of rotatable bonds is 47. The van der Waals surface area contributed by atoms with E-state index in [1.165, 1.54) is 109 Å². The Hall–Kier alpha value is -3.22. The van der Waals surface area contributed by atoms with Crippen molar-refractivity contribution in [1.29, 1.82) is 0 Å². The topological polar surface area (TPSA) is 95.9 Å². The summed E-state index contributed by atoms with van der Waals surface area (Å²) in [5.74, 6) is -0.643. The van der Waals surface area contributed by atoms with Crippen molar-refractivity contribution in [2.45, 2.75) is 257 Å². The quantitative estimate of drug-likeness (QED) is 0.0321. The van der Waals surface area contributed by atoms with Crippen molar-refractivity contribution in [3.8, 4) is 0 Å². The van der Waals surface area contributed by atoms with Crippen LogP contribution < -0.4 is 5.32 Å². The van der Waals surface area contributed by atoms with E-state index in [9.17, 15) is 19.8 Å². The minimum absolute atomic E-state index is 0.0549. The van der Waals surface area contributed by atoms with Crippen molar-refractivity contribution in [2.75, 3.05) is 6.61 Å². The van der Waals surface area contributed by atoms with Crippen molar-refractivity contribution in [2.24, 2.45) is 0 Å². The summed E-state index contributed by atoms with van der Waals surface area (Å²) in [6, 6.07) is -0.749. The van der Waals surface area contributed by atoms with E-state index in [1.54, 1.807) is 6.08 Å². The molecule has 3 atom stereocenters. The lowest BCUT2D eigenvalue weighted by atomic mass is 10.0. The molecule has 0 aliphatic rings. The van der Waals surface area contributed by atoms with Gasteiger partial charge in [0.15, 0.2) is 0 Å². The zero-order chi connectivity index (χ0) is 47.4. The second kappa shape index (κ2) is 51.8. The monoisotopic (exact) mass is 904 g/mol. The smallest absolute Gasteiger partial charge is 0.306 e. The van der Waals surface area contributed by atoms with E-state index in [4.69, 9.17) is 4.74 Å². The van der Waals surface area contributed by atoms with Gasteiger partial charge in [0.05, 0.1) is 25.2 Å². The summed E-state index contributed by atoms with van der Waals surface area (Å²) < 4.78 is 5.83. The molecule has 0 bridgehead atoms. The molecule has 6 heteroatoms. The third-order valence-electron chi connectivity index (χ3n) is 11.6. The molecule has 6 nitrogen and oxygen atoms in total. The van der Waals surface area contributed by atoms with Gasteiger partial charge in [0, 0.05) is 6.42 Å². The Morgan fingerprint density at radius 1 is 0.477 bits per heavy atom. The molecule has 0 aromatic carbocycles. The van der Waals surface area contributed by atoms with Crippen LogP contribution in [-0.4, -0.2) is 46.9 Å². The average Bonchev–Trinajstić information content (AvgIpc) is 3.30. The number of aliphatic hydroxyl groups excluding tert-OH is 2. The van der Waals surface area contributed by atoms with Gasteiger partial charge in [-0.25, -0.2) is 0 Å². The molecule has 372 valence electrons. The Kier molecular flexibility index (Phi) is 49.2. The summed E-state index contributed by atoms with van der Waals surface area (Å²) in [6.07, 6.45) is 69.2. The second-order valence-electron chi connectivity index (χ2n) is 17.9. The predicted molar refractivity (Wildman–Crippen MR) is 282 cm³/mol. The molecule has 0 spiro atoms. The Labute approximate surface area is 401 Å². The third kappa shape index (κ3) is 47.1. The normalized spacial score (nSPS) is 14.0. The number of hydrogen-bond donors (Lipinski definition) is 3. The summed E-state index contributed by atoms with van der Waals surface area (Å²) in [5, 5.41) is 23.7. The minimum Gasteiger partial charge on any atom is -0.458 e. The van der Waals surface area contributed by atoms with Crippen LogP contribution in [0.25, 0.3) is 0 Å². The van der Waals surface area contributed by atoms with Crippen LogP contribution >= 0.6 is 0 Å². The van der Waals surface area contributed by atoms with Crippen LogP contribution in [0.3, 0.4) is 0 Å². The van der Waals surface area contributed by atoms with Gasteiger partial charge in [0.25, 0.3) is 0 Å². The van der Waals surface area contributed by atoms with E-state index in [2.05, 4.69) is 111 Å². The largest absolute Gasteiger partial charge is 0.458 e. The number of ether oxygens (including phenoxy) is 1. The Morgan fingerprint density at radius 3 is 1.34 bits per heavy atom. The highest BCUT2D eigenvalue weighted by atomic mass is 16.5. The van der Waals surface area contributed by atoms with Crippen molar-refractivity contribution in [3.63, 3.8) is 0 Å². The zero-order valence-corrected chi connectivity index (χ0v) is 42.3. The lowest BCUT2D eigenvalue weighted by Crippen LogP contribution is -2.46. The number of nitrogens with one attached hydrogen (secondary N) is 1. The van der Waals surface area contributed by atoms with Gasteiger partial charge in [0.1, 0.15) is 6.10 Å². The molecule has 0 aliphatic carbocycles. The van der Waals surface area contributed by atoms with E-state index in [1.807, 2.05) is 6.08 Å². The van der Waals surface area contributed by atoms with Crippen molar-refractivity contribution in [1.82, 2.24) is 5.32 Å². The van der Waals surface area contributed by atoms with Gasteiger partial charge in [0.2, 0.25) is 5.91 Å². The molecule has 0 rings (SSSR count). The lowest BCUT2D eigenvalue weighted by Gasteiger charge is -2.23. The zero-order valence-electron chi connectivity index (χ0n) is 42.3. The summed E-state index contributed by atoms with van der Waals surface area (Å²) >= 11 is 0. The van der Waals surface area contributed by atoms with Crippen LogP contribution in [0.4, 0.5) is 0 Å². The number of amides is 1. The fraction of sp³-hybridized carbons (Fsp3) is 0.695. The maximum atomic E-state index is 13.2. The molecule has 0 aromatic rings. The van der Waals surface area contributed by atoms with Crippen molar-refractivity contribution >= 4 is 11.9 Å². The molecule has 0 heterocycles. The highest BCUT2D eigenvalue weighted by Crippen LogP contribution is 2.16. The molecular formula is C59H101NO5. The van der Waals surface area contributed by atoms with E-state index in [-0.39, 0.29) is 24.9 Å². The Morgan fingerprint density at radius 2 is 0.862 bits per heavy atom. The number of carbonyl (C=O) groups is 2. The SMILES string of the molecule is CC/C=C\C/C=C\C/C=C\C/C=C\C/C=C\C/C=C\C(CC(=O)NC(CO)C(O)CCCCCCCCCCCCCC)OC(=O)CCCCCCCCC/C=C\C/C=C\CCCCC. The van der Waals surface area contributed by atoms with E-state index >= 15 is 0 Å². The molecule has 3 unspecified atom stereocenters. The first-order valence-corrected chi connectivity index (χ1v) is 27.0. The molecule has 0 fully saturated rings. The number of unbranched alkanes of at least 4 members (excludes halogenated alkanes) is 21. The van der Waals surface area contributed by atoms with Gasteiger partial charge in [-0.15, -0.1) is 0 Å². The molecule has 0 aromatic heterocycles. The van der Waals surface area contributed by atoms with Crippen LogP contribution in [0.2, 0.25) is 0 Å². The average molecular weight is 904 g/mol. The first-order chi connectivity index (χ1) is 32.0. The van der Waals surface area contributed by atoms with Crippen LogP contribution in [0.5, 0.6) is 0 Å². The Bertz CT molecular complexity index is 1290. The minimum atomic E-state index is -0.826. The molecule has 65 heavy (non-hydrogen) atoms. The summed E-state index contributed by atoms with van der Waals surface area (Å²) in [6.45, 7) is 6.30. The van der Waals surface area contributed by atoms with Gasteiger partial charge in [-0.3, -0.25) is 9.59 Å². The third-order valence-corrected chi connectivity index (χ3v) is 11.6. The highest BCUT2D eigenvalue weighted by Gasteiger charge is 2.23. The van der Waals surface area contributed by atoms with Crippen LogP contribution in [0.1, 0.15) is 239 Å². The summed E-state index contributed by atoms with van der Waals surface area (Å²) in [5.41, 5.74) is 0. The molecular weight excluding hydrogens is 803 g/mol. The number of aliphatic hydroxyl groups is 2. The van der Waals surface area contributed by atoms with Gasteiger partial charge >= 0.3 is 5.97 Å². The van der Waals surface area contributed by atoms with Gasteiger partial charge in [-0.05, 0) is 89.5 Å².